The number of hydrogen-bond donors (Lipinski definition) is 2. The van der Waals surface area contributed by atoms with Gasteiger partial charge >= 0.3 is 0 Å². The van der Waals surface area contributed by atoms with E-state index >= 15 is 0 Å². The Hall–Kier alpha value is -1.91. The molecule has 0 heterocycles. The fourth-order valence-electron chi connectivity index (χ4n) is 2.05. The van der Waals surface area contributed by atoms with E-state index in [0.29, 0.717) is 5.69 Å². The van der Waals surface area contributed by atoms with Crippen molar-refractivity contribution in [2.45, 2.75) is 39.5 Å². The maximum atomic E-state index is 13.0. The number of carbonyl (C=O) groups excluding carboxylic acids is 2. The van der Waals surface area contributed by atoms with E-state index in [9.17, 15) is 14.0 Å². The minimum absolute atomic E-state index is 0.0491. The highest BCUT2D eigenvalue weighted by molar-refractivity contribution is 5.94. The molecule has 0 spiro atoms. The molecule has 1 aromatic carbocycles. The SMILES string of the molecule is CCCCC(CC)C(=O)NCC(=O)Nc1cccc(F)c1. The molecule has 0 aliphatic rings. The summed E-state index contributed by atoms with van der Waals surface area (Å²) in [5, 5.41) is 5.18. The van der Waals surface area contributed by atoms with Gasteiger partial charge in [0.15, 0.2) is 0 Å². The quantitative estimate of drug-likeness (QED) is 0.774. The van der Waals surface area contributed by atoms with Gasteiger partial charge in [0.05, 0.1) is 6.54 Å². The molecule has 0 radical (unpaired) electrons. The summed E-state index contributed by atoms with van der Waals surface area (Å²) in [4.78, 5) is 23.6. The van der Waals surface area contributed by atoms with Gasteiger partial charge < -0.3 is 10.6 Å². The van der Waals surface area contributed by atoms with Crippen LogP contribution in [-0.2, 0) is 9.59 Å². The molecule has 1 aromatic rings. The summed E-state index contributed by atoms with van der Waals surface area (Å²) in [6.07, 6.45) is 3.65. The maximum Gasteiger partial charge on any atom is 0.243 e. The molecule has 2 N–H and O–H groups in total. The average molecular weight is 294 g/mol. The summed E-state index contributed by atoms with van der Waals surface area (Å²) in [5.41, 5.74) is 0.382. The lowest BCUT2D eigenvalue weighted by molar-refractivity contribution is -0.127. The molecule has 116 valence electrons. The van der Waals surface area contributed by atoms with Crippen LogP contribution in [0, 0.1) is 11.7 Å². The molecule has 21 heavy (non-hydrogen) atoms. The smallest absolute Gasteiger partial charge is 0.243 e. The summed E-state index contributed by atoms with van der Waals surface area (Å²) >= 11 is 0. The van der Waals surface area contributed by atoms with E-state index in [0.717, 1.165) is 25.7 Å². The Morgan fingerprint density at radius 1 is 1.29 bits per heavy atom. The second-order valence-corrected chi connectivity index (χ2v) is 5.02. The molecule has 0 aromatic heterocycles. The van der Waals surface area contributed by atoms with Crippen LogP contribution in [0.4, 0.5) is 10.1 Å². The number of rotatable bonds is 8. The van der Waals surface area contributed by atoms with Crippen LogP contribution in [-0.4, -0.2) is 18.4 Å². The topological polar surface area (TPSA) is 58.2 Å². The van der Waals surface area contributed by atoms with Crippen molar-refractivity contribution in [3.63, 3.8) is 0 Å². The van der Waals surface area contributed by atoms with Gasteiger partial charge in [-0.25, -0.2) is 4.39 Å². The van der Waals surface area contributed by atoms with Crippen molar-refractivity contribution < 1.29 is 14.0 Å². The van der Waals surface area contributed by atoms with E-state index < -0.39 is 5.82 Å². The van der Waals surface area contributed by atoms with Crippen LogP contribution >= 0.6 is 0 Å². The first kappa shape index (κ1) is 17.1. The Kier molecular flexibility index (Phi) is 7.43. The highest BCUT2D eigenvalue weighted by atomic mass is 19.1. The predicted octanol–water partition coefficient (Wildman–Crippen LogP) is 3.10. The lowest BCUT2D eigenvalue weighted by atomic mass is 9.98. The van der Waals surface area contributed by atoms with E-state index in [-0.39, 0.29) is 24.3 Å². The number of nitrogens with one attached hydrogen (secondary N) is 2. The van der Waals surface area contributed by atoms with Gasteiger partial charge in [0.2, 0.25) is 11.8 Å². The van der Waals surface area contributed by atoms with Crippen LogP contribution in [0.1, 0.15) is 39.5 Å². The molecule has 1 rings (SSSR count). The van der Waals surface area contributed by atoms with Gasteiger partial charge in [0, 0.05) is 11.6 Å². The van der Waals surface area contributed by atoms with Gasteiger partial charge in [0.1, 0.15) is 5.82 Å². The molecule has 0 bridgehead atoms. The molecular weight excluding hydrogens is 271 g/mol. The summed E-state index contributed by atoms with van der Waals surface area (Å²) in [6.45, 7) is 3.95. The molecule has 5 heteroatoms. The molecule has 4 nitrogen and oxygen atoms in total. The molecular formula is C16H23FN2O2. The molecule has 0 saturated heterocycles. The van der Waals surface area contributed by atoms with Crippen molar-refractivity contribution in [3.05, 3.63) is 30.1 Å². The standard InChI is InChI=1S/C16H23FN2O2/c1-3-5-7-12(4-2)16(21)18-11-15(20)19-14-9-6-8-13(17)10-14/h6,8-10,12H,3-5,7,11H2,1-2H3,(H,18,21)(H,19,20). The number of benzene rings is 1. The van der Waals surface area contributed by atoms with E-state index in [1.54, 1.807) is 6.07 Å². The summed E-state index contributed by atoms with van der Waals surface area (Å²) in [6, 6.07) is 5.65. The van der Waals surface area contributed by atoms with Crippen LogP contribution in [0.25, 0.3) is 0 Å². The molecule has 1 atom stereocenters. The van der Waals surface area contributed by atoms with Crippen LogP contribution in [0.3, 0.4) is 0 Å². The maximum absolute atomic E-state index is 13.0. The normalized spacial score (nSPS) is 11.8. The fraction of sp³-hybridized carbons (Fsp3) is 0.500. The molecule has 1 unspecified atom stereocenters. The Morgan fingerprint density at radius 2 is 2.05 bits per heavy atom. The van der Waals surface area contributed by atoms with Gasteiger partial charge in [-0.2, -0.15) is 0 Å². The van der Waals surface area contributed by atoms with Gasteiger partial charge in [0.25, 0.3) is 0 Å². The molecule has 0 aliphatic carbocycles. The van der Waals surface area contributed by atoms with E-state index in [4.69, 9.17) is 0 Å². The largest absolute Gasteiger partial charge is 0.347 e. The lowest BCUT2D eigenvalue weighted by Crippen LogP contribution is -2.36. The van der Waals surface area contributed by atoms with Crippen molar-refractivity contribution in [1.82, 2.24) is 5.32 Å². The molecule has 0 saturated carbocycles. The summed E-state index contributed by atoms with van der Waals surface area (Å²) < 4.78 is 13.0. The van der Waals surface area contributed by atoms with Crippen molar-refractivity contribution in [3.8, 4) is 0 Å². The summed E-state index contributed by atoms with van der Waals surface area (Å²) in [7, 11) is 0. The second kappa shape index (κ2) is 9.10. The third-order valence-corrected chi connectivity index (χ3v) is 3.30. The first-order chi connectivity index (χ1) is 10.1. The summed E-state index contributed by atoms with van der Waals surface area (Å²) in [5.74, 6) is -0.922. The van der Waals surface area contributed by atoms with E-state index in [1.807, 2.05) is 6.92 Å². The van der Waals surface area contributed by atoms with Crippen molar-refractivity contribution >= 4 is 17.5 Å². The third-order valence-electron chi connectivity index (χ3n) is 3.30. The van der Waals surface area contributed by atoms with Gasteiger partial charge in [-0.05, 0) is 31.0 Å². The van der Waals surface area contributed by atoms with Crippen molar-refractivity contribution in [1.29, 1.82) is 0 Å². The first-order valence-electron chi connectivity index (χ1n) is 7.40. The van der Waals surface area contributed by atoms with E-state index in [2.05, 4.69) is 17.6 Å². The highest BCUT2D eigenvalue weighted by Crippen LogP contribution is 2.12. The van der Waals surface area contributed by atoms with Crippen LogP contribution in [0.2, 0.25) is 0 Å². The van der Waals surface area contributed by atoms with Crippen molar-refractivity contribution in [2.24, 2.45) is 5.92 Å². The Balaban J connectivity index is 2.39. The van der Waals surface area contributed by atoms with E-state index in [1.165, 1.54) is 18.2 Å². The second-order valence-electron chi connectivity index (χ2n) is 5.02. The zero-order valence-electron chi connectivity index (χ0n) is 12.6. The van der Waals surface area contributed by atoms with Crippen LogP contribution in [0.5, 0.6) is 0 Å². The zero-order chi connectivity index (χ0) is 15.7. The Labute approximate surface area is 125 Å². The lowest BCUT2D eigenvalue weighted by Gasteiger charge is -2.14. The molecule has 0 aliphatic heterocycles. The third kappa shape index (κ3) is 6.38. The van der Waals surface area contributed by atoms with Gasteiger partial charge in [-0.1, -0.05) is 32.8 Å². The minimum atomic E-state index is -0.414. The van der Waals surface area contributed by atoms with Crippen molar-refractivity contribution in [2.75, 3.05) is 11.9 Å². The predicted molar refractivity (Wildman–Crippen MR) is 81.3 cm³/mol. The monoisotopic (exact) mass is 294 g/mol. The van der Waals surface area contributed by atoms with Gasteiger partial charge in [-0.3, -0.25) is 9.59 Å². The number of halogens is 1. The number of amides is 2. The number of anilines is 1. The average Bonchev–Trinajstić information content (AvgIpc) is 2.46. The molecule has 0 fully saturated rings. The van der Waals surface area contributed by atoms with Crippen LogP contribution in [0.15, 0.2) is 24.3 Å². The Morgan fingerprint density at radius 3 is 2.67 bits per heavy atom. The fourth-order valence-corrected chi connectivity index (χ4v) is 2.05. The van der Waals surface area contributed by atoms with Gasteiger partial charge in [-0.15, -0.1) is 0 Å². The number of unbranched alkanes of at least 4 members (excludes halogenated alkanes) is 1. The Bertz CT molecular complexity index is 477. The highest BCUT2D eigenvalue weighted by Gasteiger charge is 2.16. The molecule has 2 amide bonds. The first-order valence-corrected chi connectivity index (χ1v) is 7.40. The number of hydrogen-bond acceptors (Lipinski definition) is 2. The minimum Gasteiger partial charge on any atom is -0.347 e. The zero-order valence-corrected chi connectivity index (χ0v) is 12.6. The van der Waals surface area contributed by atoms with Crippen LogP contribution < -0.4 is 10.6 Å². The number of carbonyl (C=O) groups is 2.